The molecule has 17 heavy (non-hydrogen) atoms. The molecule has 0 amide bonds. The summed E-state index contributed by atoms with van der Waals surface area (Å²) in [6, 6.07) is 6.60. The molecule has 0 spiro atoms. The van der Waals surface area contributed by atoms with Gasteiger partial charge in [0.1, 0.15) is 0 Å². The van der Waals surface area contributed by atoms with E-state index in [0.717, 1.165) is 12.3 Å². The molecule has 0 aliphatic heterocycles. The first-order valence-electron chi connectivity index (χ1n) is 6.40. The Kier molecular flexibility index (Phi) is 4.46. The zero-order valence-corrected chi connectivity index (χ0v) is 12.0. The molecule has 0 saturated heterocycles. The molecule has 94 valence electrons. The SMILES string of the molecule is CN(CC1CCC1)c1ccc(CCN)c(Br)c1. The third-order valence-electron chi connectivity index (χ3n) is 3.65. The second kappa shape index (κ2) is 5.87. The minimum atomic E-state index is 0.704. The van der Waals surface area contributed by atoms with Crippen molar-refractivity contribution < 1.29 is 0 Å². The van der Waals surface area contributed by atoms with Gasteiger partial charge >= 0.3 is 0 Å². The van der Waals surface area contributed by atoms with Gasteiger partial charge in [-0.15, -0.1) is 0 Å². The molecule has 0 bridgehead atoms. The van der Waals surface area contributed by atoms with E-state index >= 15 is 0 Å². The maximum Gasteiger partial charge on any atom is 0.0375 e. The molecule has 1 fully saturated rings. The zero-order valence-electron chi connectivity index (χ0n) is 10.5. The number of hydrogen-bond donors (Lipinski definition) is 1. The summed E-state index contributed by atoms with van der Waals surface area (Å²) >= 11 is 3.63. The standard InChI is InChI=1S/C14H21BrN2/c1-17(10-11-3-2-4-11)13-6-5-12(7-8-16)14(15)9-13/h5-6,9,11H,2-4,7-8,10,16H2,1H3. The molecule has 0 atom stereocenters. The van der Waals surface area contributed by atoms with Crippen LogP contribution in [0.2, 0.25) is 0 Å². The Morgan fingerprint density at radius 2 is 2.18 bits per heavy atom. The van der Waals surface area contributed by atoms with E-state index in [2.05, 4.69) is 46.1 Å². The monoisotopic (exact) mass is 296 g/mol. The van der Waals surface area contributed by atoms with Crippen molar-refractivity contribution in [3.8, 4) is 0 Å². The summed E-state index contributed by atoms with van der Waals surface area (Å²) in [6.45, 7) is 1.89. The molecule has 1 aromatic rings. The molecule has 1 aliphatic carbocycles. The highest BCUT2D eigenvalue weighted by atomic mass is 79.9. The Morgan fingerprint density at radius 1 is 1.41 bits per heavy atom. The average molecular weight is 297 g/mol. The molecular weight excluding hydrogens is 276 g/mol. The molecule has 2 N–H and O–H groups in total. The lowest BCUT2D eigenvalue weighted by atomic mass is 9.85. The molecular formula is C14H21BrN2. The molecule has 2 nitrogen and oxygen atoms in total. The van der Waals surface area contributed by atoms with Crippen molar-refractivity contribution in [3.05, 3.63) is 28.2 Å². The highest BCUT2D eigenvalue weighted by molar-refractivity contribution is 9.10. The van der Waals surface area contributed by atoms with Crippen molar-refractivity contribution in [1.82, 2.24) is 0 Å². The van der Waals surface area contributed by atoms with Crippen molar-refractivity contribution in [3.63, 3.8) is 0 Å². The van der Waals surface area contributed by atoms with Gasteiger partial charge in [-0.2, -0.15) is 0 Å². The van der Waals surface area contributed by atoms with Crippen molar-refractivity contribution in [2.24, 2.45) is 11.7 Å². The van der Waals surface area contributed by atoms with Crippen LogP contribution >= 0.6 is 15.9 Å². The van der Waals surface area contributed by atoms with Crippen LogP contribution in [0.15, 0.2) is 22.7 Å². The minimum absolute atomic E-state index is 0.704. The van der Waals surface area contributed by atoms with Crippen molar-refractivity contribution in [2.45, 2.75) is 25.7 Å². The smallest absolute Gasteiger partial charge is 0.0375 e. The van der Waals surface area contributed by atoms with Crippen LogP contribution in [0.25, 0.3) is 0 Å². The molecule has 1 aliphatic rings. The molecule has 0 radical (unpaired) electrons. The Morgan fingerprint density at radius 3 is 2.71 bits per heavy atom. The van der Waals surface area contributed by atoms with Crippen molar-refractivity contribution in [1.29, 1.82) is 0 Å². The lowest BCUT2D eigenvalue weighted by Gasteiger charge is -2.31. The molecule has 2 rings (SSSR count). The van der Waals surface area contributed by atoms with E-state index in [9.17, 15) is 0 Å². The Hall–Kier alpha value is -0.540. The van der Waals surface area contributed by atoms with Crippen LogP contribution in [0.4, 0.5) is 5.69 Å². The summed E-state index contributed by atoms with van der Waals surface area (Å²) in [5, 5.41) is 0. The molecule has 1 aromatic carbocycles. The summed E-state index contributed by atoms with van der Waals surface area (Å²) in [6.07, 6.45) is 5.15. The van der Waals surface area contributed by atoms with E-state index in [-0.39, 0.29) is 0 Å². The van der Waals surface area contributed by atoms with Gasteiger partial charge in [0, 0.05) is 23.8 Å². The summed E-state index contributed by atoms with van der Waals surface area (Å²) in [4.78, 5) is 2.36. The van der Waals surface area contributed by atoms with Crippen LogP contribution in [0.1, 0.15) is 24.8 Å². The molecule has 0 unspecified atom stereocenters. The first-order valence-corrected chi connectivity index (χ1v) is 7.19. The van der Waals surface area contributed by atoms with Crippen molar-refractivity contribution >= 4 is 21.6 Å². The van der Waals surface area contributed by atoms with Crippen LogP contribution in [-0.2, 0) is 6.42 Å². The van der Waals surface area contributed by atoms with Gasteiger partial charge in [-0.1, -0.05) is 28.4 Å². The number of hydrogen-bond acceptors (Lipinski definition) is 2. The maximum absolute atomic E-state index is 5.59. The predicted octanol–water partition coefficient (Wildman–Crippen LogP) is 3.19. The Labute approximate surface area is 112 Å². The van der Waals surface area contributed by atoms with Crippen LogP contribution in [0.5, 0.6) is 0 Å². The number of anilines is 1. The Bertz CT molecular complexity index is 374. The van der Waals surface area contributed by atoms with Crippen LogP contribution in [-0.4, -0.2) is 20.1 Å². The number of rotatable bonds is 5. The number of benzene rings is 1. The second-order valence-electron chi connectivity index (χ2n) is 4.99. The van der Waals surface area contributed by atoms with Gasteiger partial charge in [0.25, 0.3) is 0 Å². The summed E-state index contributed by atoms with van der Waals surface area (Å²) in [5.41, 5.74) is 8.18. The Balaban J connectivity index is 2.02. The highest BCUT2D eigenvalue weighted by Crippen LogP contribution is 2.30. The van der Waals surface area contributed by atoms with Gasteiger partial charge in [0.15, 0.2) is 0 Å². The van der Waals surface area contributed by atoms with E-state index in [1.165, 1.54) is 41.5 Å². The summed E-state index contributed by atoms with van der Waals surface area (Å²) in [5.74, 6) is 0.905. The van der Waals surface area contributed by atoms with Gasteiger partial charge in [0.2, 0.25) is 0 Å². The summed E-state index contributed by atoms with van der Waals surface area (Å²) < 4.78 is 1.18. The fourth-order valence-corrected chi connectivity index (χ4v) is 2.86. The van der Waals surface area contributed by atoms with Crippen LogP contribution in [0.3, 0.4) is 0 Å². The van der Waals surface area contributed by atoms with Crippen molar-refractivity contribution in [2.75, 3.05) is 25.0 Å². The average Bonchev–Trinajstić information content (AvgIpc) is 2.26. The third kappa shape index (κ3) is 3.23. The molecule has 3 heteroatoms. The van der Waals surface area contributed by atoms with Crippen LogP contribution in [0, 0.1) is 5.92 Å². The second-order valence-corrected chi connectivity index (χ2v) is 5.85. The molecule has 0 aromatic heterocycles. The molecule has 1 saturated carbocycles. The van der Waals surface area contributed by atoms with E-state index in [4.69, 9.17) is 5.73 Å². The lowest BCUT2D eigenvalue weighted by molar-refractivity contribution is 0.321. The fraction of sp³-hybridized carbons (Fsp3) is 0.571. The first-order chi connectivity index (χ1) is 8.20. The quantitative estimate of drug-likeness (QED) is 0.904. The summed E-state index contributed by atoms with van der Waals surface area (Å²) in [7, 11) is 2.18. The first kappa shape index (κ1) is 12.9. The van der Waals surface area contributed by atoms with Gasteiger partial charge in [0.05, 0.1) is 0 Å². The van der Waals surface area contributed by atoms with Gasteiger partial charge in [-0.3, -0.25) is 0 Å². The third-order valence-corrected chi connectivity index (χ3v) is 4.39. The number of nitrogens with two attached hydrogens (primary N) is 1. The topological polar surface area (TPSA) is 29.3 Å². The minimum Gasteiger partial charge on any atom is -0.374 e. The zero-order chi connectivity index (χ0) is 12.3. The largest absolute Gasteiger partial charge is 0.374 e. The maximum atomic E-state index is 5.59. The molecule has 0 heterocycles. The van der Waals surface area contributed by atoms with E-state index in [0.29, 0.717) is 6.54 Å². The number of nitrogens with zero attached hydrogens (tertiary/aromatic N) is 1. The van der Waals surface area contributed by atoms with Gasteiger partial charge < -0.3 is 10.6 Å². The highest BCUT2D eigenvalue weighted by Gasteiger charge is 2.19. The normalized spacial score (nSPS) is 15.7. The van der Waals surface area contributed by atoms with E-state index in [1.807, 2.05) is 0 Å². The van der Waals surface area contributed by atoms with Crippen LogP contribution < -0.4 is 10.6 Å². The number of halogens is 1. The van der Waals surface area contributed by atoms with Gasteiger partial charge in [-0.05, 0) is 49.4 Å². The fourth-order valence-electron chi connectivity index (χ4n) is 2.30. The predicted molar refractivity (Wildman–Crippen MR) is 77.5 cm³/mol. The van der Waals surface area contributed by atoms with E-state index in [1.54, 1.807) is 0 Å². The lowest BCUT2D eigenvalue weighted by Crippen LogP contribution is -2.29. The van der Waals surface area contributed by atoms with E-state index < -0.39 is 0 Å². The van der Waals surface area contributed by atoms with Gasteiger partial charge in [-0.25, -0.2) is 0 Å².